The van der Waals surface area contributed by atoms with Crippen LogP contribution in [-0.4, -0.2) is 21.7 Å². The van der Waals surface area contributed by atoms with Gasteiger partial charge in [-0.3, -0.25) is 9.59 Å². The number of imidazole rings is 1. The third kappa shape index (κ3) is 2.95. The Morgan fingerprint density at radius 2 is 2.16 bits per heavy atom. The Morgan fingerprint density at radius 1 is 1.37 bits per heavy atom. The summed E-state index contributed by atoms with van der Waals surface area (Å²) in [6, 6.07) is 7.23. The second-order valence-electron chi connectivity index (χ2n) is 3.90. The van der Waals surface area contributed by atoms with Gasteiger partial charge in [-0.2, -0.15) is 0 Å². The molecule has 2 aromatic rings. The first-order chi connectivity index (χ1) is 9.22. The number of carbonyl (C=O) groups excluding carboxylic acids is 2. The highest BCUT2D eigenvalue weighted by Crippen LogP contribution is 2.17. The van der Waals surface area contributed by atoms with E-state index in [9.17, 15) is 9.59 Å². The Labute approximate surface area is 110 Å². The molecule has 0 spiro atoms. The van der Waals surface area contributed by atoms with E-state index in [4.69, 9.17) is 0 Å². The average molecular weight is 255 g/mol. The van der Waals surface area contributed by atoms with Crippen molar-refractivity contribution in [3.8, 4) is 0 Å². The average Bonchev–Trinajstić information content (AvgIpc) is 2.84. The van der Waals surface area contributed by atoms with E-state index < -0.39 is 0 Å². The molecule has 0 unspecified atom stereocenters. The number of benzene rings is 1. The fourth-order valence-corrected chi connectivity index (χ4v) is 1.66. The fourth-order valence-electron chi connectivity index (χ4n) is 1.66. The van der Waals surface area contributed by atoms with Crippen LogP contribution in [0.3, 0.4) is 0 Å². The molecule has 1 amide bonds. The van der Waals surface area contributed by atoms with Crippen LogP contribution in [0.15, 0.2) is 42.7 Å². The van der Waals surface area contributed by atoms with E-state index in [1.807, 2.05) is 18.2 Å². The zero-order valence-corrected chi connectivity index (χ0v) is 10.4. The van der Waals surface area contributed by atoms with Gasteiger partial charge in [-0.15, -0.1) is 0 Å². The Balaban J connectivity index is 2.24. The van der Waals surface area contributed by atoms with Crippen molar-refractivity contribution in [1.29, 1.82) is 0 Å². The Morgan fingerprint density at radius 3 is 2.84 bits per heavy atom. The lowest BCUT2D eigenvalue weighted by Gasteiger charge is -2.08. The highest BCUT2D eigenvalue weighted by molar-refractivity contribution is 6.03. The number of allylic oxidation sites excluding steroid dienone is 1. The van der Waals surface area contributed by atoms with Crippen molar-refractivity contribution in [1.82, 2.24) is 9.55 Å². The number of rotatable bonds is 4. The van der Waals surface area contributed by atoms with Gasteiger partial charge in [0.05, 0.1) is 0 Å². The maximum atomic E-state index is 12.0. The number of aryl methyl sites for hydroxylation is 1. The van der Waals surface area contributed by atoms with Gasteiger partial charge in [0.15, 0.2) is 5.82 Å². The normalized spacial score (nSPS) is 10.6. The molecule has 0 atom stereocenters. The molecule has 0 saturated heterocycles. The summed E-state index contributed by atoms with van der Waals surface area (Å²) >= 11 is 0. The molecule has 0 bridgehead atoms. The number of carbonyl (C=O) groups is 2. The van der Waals surface area contributed by atoms with Crippen molar-refractivity contribution >= 4 is 24.0 Å². The molecule has 0 fully saturated rings. The number of nitrogens with zero attached hydrogens (tertiary/aromatic N) is 2. The molecule has 96 valence electrons. The molecule has 19 heavy (non-hydrogen) atoms. The van der Waals surface area contributed by atoms with Gasteiger partial charge in [-0.1, -0.05) is 18.2 Å². The van der Waals surface area contributed by atoms with Crippen molar-refractivity contribution in [2.75, 3.05) is 5.32 Å². The molecule has 1 aromatic carbocycles. The van der Waals surface area contributed by atoms with E-state index in [-0.39, 0.29) is 5.91 Å². The summed E-state index contributed by atoms with van der Waals surface area (Å²) in [5.74, 6) is 0.0358. The first-order valence-electron chi connectivity index (χ1n) is 5.72. The van der Waals surface area contributed by atoms with Crippen LogP contribution in [0.4, 0.5) is 5.69 Å². The number of hydrogen-bond acceptors (Lipinski definition) is 3. The summed E-state index contributed by atoms with van der Waals surface area (Å²) in [5.41, 5.74) is 1.39. The SMILES string of the molecule is Cn1ccnc1C(=O)Nc1ccccc1/C=C/C=O. The van der Waals surface area contributed by atoms with Crippen LogP contribution < -0.4 is 5.32 Å². The second-order valence-corrected chi connectivity index (χ2v) is 3.90. The lowest BCUT2D eigenvalue weighted by Crippen LogP contribution is -2.17. The Kier molecular flexibility index (Phi) is 3.87. The minimum Gasteiger partial charge on any atom is -0.330 e. The predicted molar refractivity (Wildman–Crippen MR) is 72.7 cm³/mol. The van der Waals surface area contributed by atoms with Gasteiger partial charge in [0, 0.05) is 25.1 Å². The van der Waals surface area contributed by atoms with E-state index in [0.29, 0.717) is 17.8 Å². The van der Waals surface area contributed by atoms with Crippen LogP contribution in [-0.2, 0) is 11.8 Å². The topological polar surface area (TPSA) is 64.0 Å². The van der Waals surface area contributed by atoms with E-state index in [0.717, 1.165) is 5.56 Å². The standard InChI is InChI=1S/C14H13N3O2/c1-17-9-8-15-13(17)14(19)16-12-7-3-2-5-11(12)6-4-10-18/h2-10H,1H3,(H,16,19)/b6-4+. The van der Waals surface area contributed by atoms with E-state index >= 15 is 0 Å². The van der Waals surface area contributed by atoms with Crippen LogP contribution >= 0.6 is 0 Å². The van der Waals surface area contributed by atoms with Gasteiger partial charge < -0.3 is 9.88 Å². The van der Waals surface area contributed by atoms with Crippen molar-refractivity contribution in [2.24, 2.45) is 7.05 Å². The van der Waals surface area contributed by atoms with E-state index in [2.05, 4.69) is 10.3 Å². The smallest absolute Gasteiger partial charge is 0.291 e. The van der Waals surface area contributed by atoms with Gasteiger partial charge in [0.25, 0.3) is 5.91 Å². The maximum absolute atomic E-state index is 12.0. The van der Waals surface area contributed by atoms with Gasteiger partial charge in [0.2, 0.25) is 0 Å². The molecule has 0 radical (unpaired) electrons. The molecule has 1 aromatic heterocycles. The van der Waals surface area contributed by atoms with Crippen LogP contribution in [0.5, 0.6) is 0 Å². The number of amides is 1. The molecular weight excluding hydrogens is 242 g/mol. The molecule has 5 heteroatoms. The number of aromatic nitrogens is 2. The number of nitrogens with one attached hydrogen (secondary N) is 1. The molecule has 0 saturated carbocycles. The highest BCUT2D eigenvalue weighted by atomic mass is 16.2. The Bertz CT molecular complexity index is 629. The number of aldehydes is 1. The number of para-hydroxylation sites is 1. The van der Waals surface area contributed by atoms with Gasteiger partial charge in [-0.25, -0.2) is 4.98 Å². The highest BCUT2D eigenvalue weighted by Gasteiger charge is 2.11. The molecule has 1 heterocycles. The molecule has 0 aliphatic heterocycles. The maximum Gasteiger partial charge on any atom is 0.291 e. The molecule has 1 N–H and O–H groups in total. The fraction of sp³-hybridized carbons (Fsp3) is 0.0714. The monoisotopic (exact) mass is 255 g/mol. The minimum absolute atomic E-state index is 0.292. The molecule has 5 nitrogen and oxygen atoms in total. The van der Waals surface area contributed by atoms with Gasteiger partial charge >= 0.3 is 0 Å². The zero-order chi connectivity index (χ0) is 13.7. The molecular formula is C14H13N3O2. The van der Waals surface area contributed by atoms with Crippen molar-refractivity contribution in [2.45, 2.75) is 0 Å². The van der Waals surface area contributed by atoms with Crippen LogP contribution in [0, 0.1) is 0 Å². The lowest BCUT2D eigenvalue weighted by molar-refractivity contribution is -0.104. The van der Waals surface area contributed by atoms with E-state index in [1.54, 1.807) is 36.2 Å². The third-order valence-electron chi connectivity index (χ3n) is 2.59. The van der Waals surface area contributed by atoms with Crippen LogP contribution in [0.1, 0.15) is 16.2 Å². The van der Waals surface area contributed by atoms with Crippen molar-refractivity contribution in [3.63, 3.8) is 0 Å². The minimum atomic E-state index is -0.292. The summed E-state index contributed by atoms with van der Waals surface area (Å²) in [6.07, 6.45) is 6.98. The summed E-state index contributed by atoms with van der Waals surface area (Å²) in [4.78, 5) is 26.4. The Hall–Kier alpha value is -2.69. The lowest BCUT2D eigenvalue weighted by atomic mass is 10.1. The summed E-state index contributed by atoms with van der Waals surface area (Å²) in [5, 5.41) is 2.77. The zero-order valence-electron chi connectivity index (χ0n) is 10.4. The van der Waals surface area contributed by atoms with E-state index in [1.165, 1.54) is 6.08 Å². The van der Waals surface area contributed by atoms with Crippen molar-refractivity contribution in [3.05, 3.63) is 54.1 Å². The predicted octanol–water partition coefficient (Wildman–Crippen LogP) is 1.88. The second kappa shape index (κ2) is 5.77. The largest absolute Gasteiger partial charge is 0.330 e. The summed E-state index contributed by atoms with van der Waals surface area (Å²) < 4.78 is 1.64. The van der Waals surface area contributed by atoms with Gasteiger partial charge in [-0.05, 0) is 23.8 Å². The number of anilines is 1. The number of hydrogen-bond donors (Lipinski definition) is 1. The molecule has 0 aliphatic rings. The first kappa shape index (κ1) is 12.8. The quantitative estimate of drug-likeness (QED) is 0.670. The third-order valence-corrected chi connectivity index (χ3v) is 2.59. The summed E-state index contributed by atoms with van der Waals surface area (Å²) in [7, 11) is 1.75. The van der Waals surface area contributed by atoms with Gasteiger partial charge in [0.1, 0.15) is 6.29 Å². The van der Waals surface area contributed by atoms with Crippen LogP contribution in [0.25, 0.3) is 6.08 Å². The van der Waals surface area contributed by atoms with Crippen molar-refractivity contribution < 1.29 is 9.59 Å². The summed E-state index contributed by atoms with van der Waals surface area (Å²) in [6.45, 7) is 0. The first-order valence-corrected chi connectivity index (χ1v) is 5.72. The molecule has 0 aliphatic carbocycles. The van der Waals surface area contributed by atoms with Crippen LogP contribution in [0.2, 0.25) is 0 Å². The molecule has 2 rings (SSSR count).